The zero-order valence-corrected chi connectivity index (χ0v) is 11.0. The molecule has 1 aliphatic heterocycles. The van der Waals surface area contributed by atoms with E-state index in [0.29, 0.717) is 19.4 Å². The summed E-state index contributed by atoms with van der Waals surface area (Å²) in [6.45, 7) is 0.524. The number of nitrogens with zero attached hydrogens (tertiary/aromatic N) is 1. The van der Waals surface area contributed by atoms with E-state index in [0.717, 1.165) is 17.7 Å². The number of benzene rings is 1. The van der Waals surface area contributed by atoms with Crippen molar-refractivity contribution in [3.05, 3.63) is 29.8 Å². The predicted octanol–water partition coefficient (Wildman–Crippen LogP) is 1.78. The Morgan fingerprint density at radius 3 is 2.68 bits per heavy atom. The van der Waals surface area contributed by atoms with Crippen molar-refractivity contribution < 1.29 is 14.3 Å². The van der Waals surface area contributed by atoms with Crippen LogP contribution >= 0.6 is 0 Å². The van der Waals surface area contributed by atoms with Crippen molar-refractivity contribution in [2.45, 2.75) is 31.8 Å². The summed E-state index contributed by atoms with van der Waals surface area (Å²) < 4.78 is 5.11. The highest BCUT2D eigenvalue weighted by Crippen LogP contribution is 2.35. The lowest BCUT2D eigenvalue weighted by Gasteiger charge is -2.23. The van der Waals surface area contributed by atoms with E-state index >= 15 is 0 Å². The first-order valence-electron chi connectivity index (χ1n) is 6.65. The van der Waals surface area contributed by atoms with Gasteiger partial charge in [0.15, 0.2) is 5.78 Å². The molecule has 1 heterocycles. The van der Waals surface area contributed by atoms with Gasteiger partial charge in [0.2, 0.25) is 5.91 Å². The number of carbonyl (C=O) groups excluding carboxylic acids is 2. The second kappa shape index (κ2) is 4.68. The topological polar surface area (TPSA) is 46.6 Å². The Balaban J connectivity index is 1.78. The summed E-state index contributed by atoms with van der Waals surface area (Å²) in [5, 5.41) is 0. The summed E-state index contributed by atoms with van der Waals surface area (Å²) in [6.07, 6.45) is 2.00. The minimum absolute atomic E-state index is 0.0703. The molecule has 4 nitrogen and oxygen atoms in total. The molecule has 1 aromatic rings. The van der Waals surface area contributed by atoms with E-state index in [-0.39, 0.29) is 23.7 Å². The molecule has 0 aromatic heterocycles. The van der Waals surface area contributed by atoms with Gasteiger partial charge in [-0.05, 0) is 30.5 Å². The monoisotopic (exact) mass is 259 g/mol. The first-order chi connectivity index (χ1) is 9.19. The fourth-order valence-corrected chi connectivity index (χ4v) is 3.03. The summed E-state index contributed by atoms with van der Waals surface area (Å²) >= 11 is 0. The van der Waals surface area contributed by atoms with Crippen LogP contribution in [0.2, 0.25) is 0 Å². The molecule has 2 fully saturated rings. The molecule has 0 N–H and O–H groups in total. The highest BCUT2D eigenvalue weighted by atomic mass is 16.5. The van der Waals surface area contributed by atoms with E-state index in [4.69, 9.17) is 4.74 Å². The van der Waals surface area contributed by atoms with Crippen LogP contribution in [0.3, 0.4) is 0 Å². The molecule has 2 bridgehead atoms. The molecule has 19 heavy (non-hydrogen) atoms. The van der Waals surface area contributed by atoms with E-state index in [1.54, 1.807) is 12.0 Å². The molecule has 2 atom stereocenters. The fourth-order valence-electron chi connectivity index (χ4n) is 3.03. The van der Waals surface area contributed by atoms with Gasteiger partial charge in [0.25, 0.3) is 0 Å². The van der Waals surface area contributed by atoms with E-state index in [1.807, 2.05) is 24.3 Å². The third kappa shape index (κ3) is 2.11. The molecule has 2 aliphatic rings. The normalized spacial score (nSPS) is 25.8. The smallest absolute Gasteiger partial charge is 0.226 e. The number of ether oxygens (including phenoxy) is 1. The summed E-state index contributed by atoms with van der Waals surface area (Å²) in [4.78, 5) is 25.8. The molecule has 1 aromatic carbocycles. The van der Waals surface area contributed by atoms with Crippen molar-refractivity contribution in [1.82, 2.24) is 4.90 Å². The Morgan fingerprint density at radius 1 is 1.26 bits per heavy atom. The number of methoxy groups -OCH3 is 1. The van der Waals surface area contributed by atoms with Crippen molar-refractivity contribution in [2.24, 2.45) is 5.92 Å². The third-order valence-electron chi connectivity index (χ3n) is 4.14. The van der Waals surface area contributed by atoms with Gasteiger partial charge >= 0.3 is 0 Å². The van der Waals surface area contributed by atoms with Crippen LogP contribution in [0, 0.1) is 5.92 Å². The first kappa shape index (κ1) is 12.2. The molecule has 0 unspecified atom stereocenters. The number of carbonyl (C=O) groups is 2. The predicted molar refractivity (Wildman–Crippen MR) is 69.7 cm³/mol. The SMILES string of the molecule is COc1ccc(CN2C(=O)[C@H]3CCC(=O)[C@@H]2C3)cc1. The van der Waals surface area contributed by atoms with E-state index in [9.17, 15) is 9.59 Å². The lowest BCUT2D eigenvalue weighted by Crippen LogP contribution is -2.37. The minimum atomic E-state index is -0.187. The summed E-state index contributed by atoms with van der Waals surface area (Å²) in [6, 6.07) is 7.46. The number of fused-ring (bicyclic) bond motifs is 2. The van der Waals surface area contributed by atoms with Gasteiger partial charge in [0, 0.05) is 18.9 Å². The zero-order valence-electron chi connectivity index (χ0n) is 11.0. The number of rotatable bonds is 3. The molecule has 1 aliphatic carbocycles. The van der Waals surface area contributed by atoms with Crippen LogP contribution in [-0.2, 0) is 16.1 Å². The maximum atomic E-state index is 12.2. The summed E-state index contributed by atoms with van der Waals surface area (Å²) in [5.41, 5.74) is 1.04. The minimum Gasteiger partial charge on any atom is -0.497 e. The quantitative estimate of drug-likeness (QED) is 0.831. The number of likely N-dealkylation sites (tertiary alicyclic amines) is 1. The van der Waals surface area contributed by atoms with Gasteiger partial charge in [-0.1, -0.05) is 12.1 Å². The number of hydrogen-bond acceptors (Lipinski definition) is 3. The second-order valence-corrected chi connectivity index (χ2v) is 5.27. The van der Waals surface area contributed by atoms with Gasteiger partial charge in [-0.25, -0.2) is 0 Å². The highest BCUT2D eigenvalue weighted by molar-refractivity contribution is 5.95. The Bertz CT molecular complexity index is 509. The molecular weight excluding hydrogens is 242 g/mol. The fraction of sp³-hybridized carbons (Fsp3) is 0.467. The molecule has 0 spiro atoms. The first-order valence-corrected chi connectivity index (χ1v) is 6.65. The Labute approximate surface area is 112 Å². The van der Waals surface area contributed by atoms with Crippen molar-refractivity contribution in [3.63, 3.8) is 0 Å². The zero-order chi connectivity index (χ0) is 13.4. The standard InChI is InChI=1S/C15H17NO3/c1-19-12-5-2-10(3-6-12)9-16-13-8-11(15(16)18)4-7-14(13)17/h2-3,5-6,11,13H,4,7-9H2,1H3/t11-,13-/m0/s1. The van der Waals surface area contributed by atoms with Crippen molar-refractivity contribution >= 4 is 11.7 Å². The molecule has 1 amide bonds. The summed E-state index contributed by atoms with van der Waals surface area (Å²) in [5.74, 6) is 1.23. The molecular formula is C15H17NO3. The van der Waals surface area contributed by atoms with Crippen LogP contribution in [0.4, 0.5) is 0 Å². The van der Waals surface area contributed by atoms with Crippen molar-refractivity contribution in [3.8, 4) is 5.75 Å². The summed E-state index contributed by atoms with van der Waals surface area (Å²) in [7, 11) is 1.63. The van der Waals surface area contributed by atoms with Crippen LogP contribution < -0.4 is 4.74 Å². The molecule has 100 valence electrons. The molecule has 0 radical (unpaired) electrons. The Kier molecular flexibility index (Phi) is 3.01. The number of Topliss-reactive ketones (excluding diaryl/α,β-unsaturated/α-hetero) is 1. The van der Waals surface area contributed by atoms with E-state index in [1.165, 1.54) is 0 Å². The van der Waals surface area contributed by atoms with Crippen LogP contribution in [0.1, 0.15) is 24.8 Å². The van der Waals surface area contributed by atoms with E-state index < -0.39 is 0 Å². The Morgan fingerprint density at radius 2 is 2.00 bits per heavy atom. The average molecular weight is 259 g/mol. The molecule has 1 saturated carbocycles. The van der Waals surface area contributed by atoms with Gasteiger partial charge in [-0.3, -0.25) is 9.59 Å². The lowest BCUT2D eigenvalue weighted by molar-refractivity contribution is -0.134. The van der Waals surface area contributed by atoms with E-state index in [2.05, 4.69) is 0 Å². The lowest BCUT2D eigenvalue weighted by atomic mass is 9.89. The van der Waals surface area contributed by atoms with Crippen LogP contribution in [0.5, 0.6) is 5.75 Å². The van der Waals surface area contributed by atoms with Gasteiger partial charge in [0.1, 0.15) is 5.75 Å². The van der Waals surface area contributed by atoms with Gasteiger partial charge < -0.3 is 9.64 Å². The van der Waals surface area contributed by atoms with Crippen molar-refractivity contribution in [1.29, 1.82) is 0 Å². The van der Waals surface area contributed by atoms with Crippen molar-refractivity contribution in [2.75, 3.05) is 7.11 Å². The second-order valence-electron chi connectivity index (χ2n) is 5.27. The molecule has 4 heteroatoms. The maximum Gasteiger partial charge on any atom is 0.226 e. The van der Waals surface area contributed by atoms with Gasteiger partial charge in [-0.15, -0.1) is 0 Å². The molecule has 1 saturated heterocycles. The van der Waals surface area contributed by atoms with Crippen LogP contribution in [0.15, 0.2) is 24.3 Å². The third-order valence-corrected chi connectivity index (χ3v) is 4.14. The maximum absolute atomic E-state index is 12.2. The van der Waals surface area contributed by atoms with Crippen LogP contribution in [-0.4, -0.2) is 29.7 Å². The molecule has 3 rings (SSSR count). The number of ketones is 1. The average Bonchev–Trinajstić information content (AvgIpc) is 2.70. The number of hydrogen-bond donors (Lipinski definition) is 0. The highest BCUT2D eigenvalue weighted by Gasteiger charge is 2.45. The Hall–Kier alpha value is -1.84. The number of amides is 1. The van der Waals surface area contributed by atoms with Crippen LogP contribution in [0.25, 0.3) is 0 Å². The van der Waals surface area contributed by atoms with Gasteiger partial charge in [-0.2, -0.15) is 0 Å². The van der Waals surface area contributed by atoms with Gasteiger partial charge in [0.05, 0.1) is 13.2 Å². The largest absolute Gasteiger partial charge is 0.497 e.